The lowest BCUT2D eigenvalue weighted by atomic mass is 10.0. The number of halogens is 1. The van der Waals surface area contributed by atoms with Crippen LogP contribution < -0.4 is 0 Å². The Labute approximate surface area is 117 Å². The highest BCUT2D eigenvalue weighted by Crippen LogP contribution is 2.33. The van der Waals surface area contributed by atoms with E-state index in [0.717, 1.165) is 0 Å². The number of quaternary nitrogens is 1. The van der Waals surface area contributed by atoms with Gasteiger partial charge in [-0.05, 0) is 48.9 Å². The first-order valence-electron chi connectivity index (χ1n) is 6.72. The van der Waals surface area contributed by atoms with Crippen LogP contribution in [0, 0.1) is 0 Å². The van der Waals surface area contributed by atoms with Gasteiger partial charge in [-0.3, -0.25) is 0 Å². The van der Waals surface area contributed by atoms with Crippen LogP contribution in [-0.4, -0.2) is 17.6 Å². The summed E-state index contributed by atoms with van der Waals surface area (Å²) in [4.78, 5) is 0. The van der Waals surface area contributed by atoms with E-state index in [1.54, 1.807) is 11.1 Å². The van der Waals surface area contributed by atoms with Crippen LogP contribution in [0.5, 0.6) is 0 Å². The van der Waals surface area contributed by atoms with Gasteiger partial charge in [0, 0.05) is 15.6 Å². The number of nitrogens with zero attached hydrogens (tertiary/aromatic N) is 1. The minimum absolute atomic E-state index is 1.17. The van der Waals surface area contributed by atoms with Crippen molar-refractivity contribution >= 4 is 26.7 Å². The van der Waals surface area contributed by atoms with Crippen molar-refractivity contribution in [3.63, 3.8) is 0 Å². The fraction of sp³-hybridized carbons (Fsp3) is 0.375. The van der Waals surface area contributed by atoms with Crippen molar-refractivity contribution in [2.45, 2.75) is 26.9 Å². The molecule has 0 aliphatic carbocycles. The van der Waals surface area contributed by atoms with Crippen molar-refractivity contribution in [2.75, 3.05) is 13.1 Å². The molecule has 94 valence electrons. The molecule has 0 aromatic heterocycles. The number of hydrogen-bond donors (Lipinski definition) is 0. The Morgan fingerprint density at radius 2 is 1.56 bits per heavy atom. The molecule has 0 atom stereocenters. The summed E-state index contributed by atoms with van der Waals surface area (Å²) in [5, 5.41) is 2.72. The van der Waals surface area contributed by atoms with E-state index in [9.17, 15) is 0 Å². The third kappa shape index (κ3) is 1.88. The first-order chi connectivity index (χ1) is 8.65. The molecule has 0 N–H and O–H groups in total. The van der Waals surface area contributed by atoms with E-state index < -0.39 is 0 Å². The second kappa shape index (κ2) is 4.36. The second-order valence-corrected chi connectivity index (χ2v) is 6.32. The Balaban J connectivity index is 2.11. The highest BCUT2D eigenvalue weighted by Gasteiger charge is 2.32. The minimum atomic E-state index is 1.17. The predicted octanol–water partition coefficient (Wildman–Crippen LogP) is 4.47. The zero-order valence-electron chi connectivity index (χ0n) is 11.0. The third-order valence-electron chi connectivity index (χ3n) is 4.47. The van der Waals surface area contributed by atoms with Crippen LogP contribution in [0.1, 0.15) is 25.0 Å². The Morgan fingerprint density at radius 1 is 0.944 bits per heavy atom. The topological polar surface area (TPSA) is 0 Å². The Morgan fingerprint density at radius 3 is 2.17 bits per heavy atom. The van der Waals surface area contributed by atoms with Crippen molar-refractivity contribution in [1.82, 2.24) is 0 Å². The van der Waals surface area contributed by atoms with Gasteiger partial charge in [0.25, 0.3) is 0 Å². The molecule has 0 bridgehead atoms. The minimum Gasteiger partial charge on any atom is -0.317 e. The Bertz CT molecular complexity index is 599. The Hall–Kier alpha value is -0.860. The van der Waals surface area contributed by atoms with Gasteiger partial charge in [0.15, 0.2) is 0 Å². The summed E-state index contributed by atoms with van der Waals surface area (Å²) < 4.78 is 2.38. The maximum Gasteiger partial charge on any atom is 0.105 e. The molecule has 2 heteroatoms. The maximum absolute atomic E-state index is 3.56. The molecule has 1 aliphatic rings. The number of hydrogen-bond acceptors (Lipinski definition) is 0. The van der Waals surface area contributed by atoms with E-state index in [2.05, 4.69) is 60.1 Å². The van der Waals surface area contributed by atoms with Gasteiger partial charge in [0.2, 0.25) is 0 Å². The fourth-order valence-corrected chi connectivity index (χ4v) is 3.49. The maximum atomic E-state index is 3.56. The van der Waals surface area contributed by atoms with E-state index in [1.807, 2.05) is 0 Å². The lowest BCUT2D eigenvalue weighted by Gasteiger charge is -2.31. The zero-order chi connectivity index (χ0) is 12.8. The van der Waals surface area contributed by atoms with E-state index in [4.69, 9.17) is 0 Å². The first kappa shape index (κ1) is 12.2. The third-order valence-corrected chi connectivity index (χ3v) is 4.97. The van der Waals surface area contributed by atoms with E-state index >= 15 is 0 Å². The molecule has 0 saturated carbocycles. The molecule has 0 spiro atoms. The van der Waals surface area contributed by atoms with Crippen molar-refractivity contribution in [3.05, 3.63) is 45.9 Å². The lowest BCUT2D eigenvalue weighted by molar-refractivity contribution is -0.944. The molecular weight excluding hydrogens is 286 g/mol. The molecule has 1 nitrogen and oxygen atoms in total. The summed E-state index contributed by atoms with van der Waals surface area (Å²) in [6, 6.07) is 11.3. The normalized spacial score (nSPS) is 17.1. The highest BCUT2D eigenvalue weighted by molar-refractivity contribution is 9.10. The average Bonchev–Trinajstić information content (AvgIpc) is 2.74. The zero-order valence-corrected chi connectivity index (χ0v) is 12.6. The fourth-order valence-electron chi connectivity index (χ4n) is 3.11. The van der Waals surface area contributed by atoms with Gasteiger partial charge in [-0.1, -0.05) is 22.0 Å². The number of rotatable bonds is 2. The van der Waals surface area contributed by atoms with Crippen LogP contribution in [0.3, 0.4) is 0 Å². The highest BCUT2D eigenvalue weighted by atomic mass is 79.9. The summed E-state index contributed by atoms with van der Waals surface area (Å²) in [5.41, 5.74) is 3.10. The molecule has 0 fully saturated rings. The van der Waals surface area contributed by atoms with Crippen molar-refractivity contribution < 1.29 is 4.48 Å². The smallest absolute Gasteiger partial charge is 0.105 e. The molecule has 2 aromatic rings. The van der Waals surface area contributed by atoms with Crippen LogP contribution in [0.2, 0.25) is 0 Å². The first-order valence-corrected chi connectivity index (χ1v) is 7.51. The SMILES string of the molecule is CC[N+]1(CC)Cc2cc3ccc(Br)cc3cc2C1. The van der Waals surface area contributed by atoms with Crippen molar-refractivity contribution in [3.8, 4) is 0 Å². The molecule has 2 aromatic carbocycles. The largest absolute Gasteiger partial charge is 0.317 e. The number of fused-ring (bicyclic) bond motifs is 2. The summed E-state index contributed by atoms with van der Waals surface area (Å²) in [7, 11) is 0. The van der Waals surface area contributed by atoms with Crippen LogP contribution in [-0.2, 0) is 13.1 Å². The molecule has 1 aliphatic heterocycles. The van der Waals surface area contributed by atoms with Gasteiger partial charge in [0.1, 0.15) is 13.1 Å². The summed E-state index contributed by atoms with van der Waals surface area (Å²) in [6.07, 6.45) is 0. The van der Waals surface area contributed by atoms with Crippen molar-refractivity contribution in [2.24, 2.45) is 0 Å². The van der Waals surface area contributed by atoms with E-state index in [-0.39, 0.29) is 0 Å². The second-order valence-electron chi connectivity index (χ2n) is 5.40. The van der Waals surface area contributed by atoms with Crippen LogP contribution >= 0.6 is 15.9 Å². The molecule has 1 heterocycles. The number of benzene rings is 2. The molecule has 0 unspecified atom stereocenters. The predicted molar refractivity (Wildman–Crippen MR) is 80.4 cm³/mol. The monoisotopic (exact) mass is 304 g/mol. The lowest BCUT2D eigenvalue weighted by Crippen LogP contribution is -2.42. The van der Waals surface area contributed by atoms with Gasteiger partial charge in [0.05, 0.1) is 13.1 Å². The summed E-state index contributed by atoms with van der Waals surface area (Å²) in [5.74, 6) is 0. The van der Waals surface area contributed by atoms with Gasteiger partial charge in [-0.15, -0.1) is 0 Å². The standard InChI is InChI=1S/C16H19BrN/c1-3-18(4-2)10-14-7-12-5-6-16(17)9-13(12)8-15(14)11-18/h5-9H,3-4,10-11H2,1-2H3/q+1. The molecule has 0 radical (unpaired) electrons. The van der Waals surface area contributed by atoms with Gasteiger partial charge in [-0.25, -0.2) is 0 Å². The molecule has 18 heavy (non-hydrogen) atoms. The molecule has 0 saturated heterocycles. The Kier molecular flexibility index (Phi) is 2.95. The molecule has 3 rings (SSSR count). The summed E-state index contributed by atoms with van der Waals surface area (Å²) in [6.45, 7) is 9.48. The van der Waals surface area contributed by atoms with E-state index in [0.29, 0.717) is 0 Å². The molecule has 0 amide bonds. The van der Waals surface area contributed by atoms with E-state index in [1.165, 1.54) is 45.9 Å². The van der Waals surface area contributed by atoms with Gasteiger partial charge in [-0.2, -0.15) is 0 Å². The average molecular weight is 305 g/mol. The quantitative estimate of drug-likeness (QED) is 0.718. The van der Waals surface area contributed by atoms with Crippen LogP contribution in [0.4, 0.5) is 0 Å². The summed E-state index contributed by atoms with van der Waals surface area (Å²) >= 11 is 3.56. The van der Waals surface area contributed by atoms with Crippen LogP contribution in [0.15, 0.2) is 34.8 Å². The van der Waals surface area contributed by atoms with Gasteiger partial charge >= 0.3 is 0 Å². The molecular formula is C16H19BrN+. The van der Waals surface area contributed by atoms with Crippen LogP contribution in [0.25, 0.3) is 10.8 Å². The van der Waals surface area contributed by atoms with Gasteiger partial charge < -0.3 is 4.48 Å². The van der Waals surface area contributed by atoms with Crippen molar-refractivity contribution in [1.29, 1.82) is 0 Å².